The highest BCUT2D eigenvalue weighted by molar-refractivity contribution is 7.12. The van der Waals surface area contributed by atoms with E-state index in [1.165, 1.54) is 23.5 Å². The molecule has 1 aromatic heterocycles. The molecule has 2 N–H and O–H groups in total. The molecule has 1 atom stereocenters. The quantitative estimate of drug-likeness (QED) is 0.672. The Morgan fingerprint density at radius 1 is 1.21 bits per heavy atom. The van der Waals surface area contributed by atoms with Crippen LogP contribution in [0.4, 0.5) is 0 Å². The van der Waals surface area contributed by atoms with Crippen LogP contribution in [0.25, 0.3) is 0 Å². The van der Waals surface area contributed by atoms with Crippen molar-refractivity contribution in [2.24, 2.45) is 0 Å². The lowest BCUT2D eigenvalue weighted by Crippen LogP contribution is -2.40. The van der Waals surface area contributed by atoms with Crippen molar-refractivity contribution in [1.29, 1.82) is 0 Å². The van der Waals surface area contributed by atoms with Gasteiger partial charge in [0, 0.05) is 10.6 Å². The van der Waals surface area contributed by atoms with Crippen molar-refractivity contribution in [2.45, 2.75) is 6.23 Å². The predicted octanol–water partition coefficient (Wildman–Crippen LogP) is 2.33. The van der Waals surface area contributed by atoms with Crippen molar-refractivity contribution in [1.82, 2.24) is 5.32 Å². The van der Waals surface area contributed by atoms with Crippen LogP contribution in [0.2, 0.25) is 5.02 Å². The van der Waals surface area contributed by atoms with E-state index in [4.69, 9.17) is 11.6 Å². The van der Waals surface area contributed by atoms with Crippen LogP contribution in [-0.2, 0) is 0 Å². The van der Waals surface area contributed by atoms with Gasteiger partial charge in [0.05, 0.1) is 4.88 Å². The lowest BCUT2D eigenvalue weighted by Gasteiger charge is -2.11. The second kappa shape index (κ2) is 5.97. The van der Waals surface area contributed by atoms with Crippen molar-refractivity contribution in [2.75, 3.05) is 0 Å². The summed E-state index contributed by atoms with van der Waals surface area (Å²) in [5.41, 5.74) is 0.281. The number of ketones is 1. The van der Waals surface area contributed by atoms with Gasteiger partial charge in [0.15, 0.2) is 6.23 Å². The summed E-state index contributed by atoms with van der Waals surface area (Å²) in [7, 11) is 0. The maximum absolute atomic E-state index is 11.9. The van der Waals surface area contributed by atoms with Gasteiger partial charge in [0.2, 0.25) is 5.78 Å². The van der Waals surface area contributed by atoms with Gasteiger partial charge >= 0.3 is 0 Å². The first-order valence-corrected chi connectivity index (χ1v) is 6.66. The van der Waals surface area contributed by atoms with Crippen LogP contribution in [0.1, 0.15) is 20.0 Å². The van der Waals surface area contributed by atoms with Gasteiger partial charge in [0.1, 0.15) is 0 Å². The van der Waals surface area contributed by atoms with Gasteiger partial charge in [0.25, 0.3) is 5.91 Å². The number of aliphatic hydroxyl groups is 1. The zero-order chi connectivity index (χ0) is 13.8. The molecule has 0 fully saturated rings. The Bertz CT molecular complexity index is 580. The third-order valence-corrected chi connectivity index (χ3v) is 3.51. The monoisotopic (exact) mass is 295 g/mol. The van der Waals surface area contributed by atoms with Crippen LogP contribution in [0.5, 0.6) is 0 Å². The molecule has 2 rings (SSSR count). The van der Waals surface area contributed by atoms with Crippen LogP contribution < -0.4 is 5.32 Å². The zero-order valence-corrected chi connectivity index (χ0v) is 11.2. The number of benzene rings is 1. The average Bonchev–Trinajstić information content (AvgIpc) is 2.92. The number of amides is 1. The lowest BCUT2D eigenvalue weighted by atomic mass is 10.1. The smallest absolute Gasteiger partial charge is 0.263 e. The molecule has 6 heteroatoms. The number of nitrogens with one attached hydrogen (secondary N) is 1. The molecule has 98 valence electrons. The fourth-order valence-corrected chi connectivity index (χ4v) is 2.19. The fourth-order valence-electron chi connectivity index (χ4n) is 1.44. The summed E-state index contributed by atoms with van der Waals surface area (Å²) < 4.78 is 0. The molecule has 19 heavy (non-hydrogen) atoms. The molecule has 0 spiro atoms. The van der Waals surface area contributed by atoms with Gasteiger partial charge in [-0.05, 0) is 35.7 Å². The number of hydrogen-bond donors (Lipinski definition) is 2. The summed E-state index contributed by atoms with van der Waals surface area (Å²) in [6.07, 6.45) is -1.57. The Morgan fingerprint density at radius 3 is 2.47 bits per heavy atom. The summed E-state index contributed by atoms with van der Waals surface area (Å²) >= 11 is 6.94. The summed E-state index contributed by atoms with van der Waals surface area (Å²) in [5, 5.41) is 14.2. The van der Waals surface area contributed by atoms with Gasteiger partial charge in [-0.3, -0.25) is 9.59 Å². The van der Waals surface area contributed by atoms with E-state index >= 15 is 0 Å². The molecule has 2 aromatic rings. The standard InChI is InChI=1S/C13H10ClNO3S/c14-9-5-3-8(4-6-9)11(16)13(18)15-12(17)10-2-1-7-19-10/h1-7,13,18H,(H,15,17)/t13-/m0/s1. The molecule has 4 nitrogen and oxygen atoms in total. The molecule has 0 aliphatic carbocycles. The van der Waals surface area contributed by atoms with E-state index in [9.17, 15) is 14.7 Å². The number of carbonyl (C=O) groups excluding carboxylic acids is 2. The molecular weight excluding hydrogens is 286 g/mol. The lowest BCUT2D eigenvalue weighted by molar-refractivity contribution is 0.0609. The molecule has 0 saturated carbocycles. The second-order valence-electron chi connectivity index (χ2n) is 3.72. The molecular formula is C13H10ClNO3S. The molecule has 0 radical (unpaired) electrons. The third-order valence-electron chi connectivity index (χ3n) is 2.39. The Hall–Kier alpha value is -1.69. The van der Waals surface area contributed by atoms with Gasteiger partial charge in [-0.25, -0.2) is 0 Å². The van der Waals surface area contributed by atoms with Crippen molar-refractivity contribution in [3.05, 3.63) is 57.2 Å². The third kappa shape index (κ3) is 3.41. The number of Topliss-reactive ketones (excluding diaryl/α,β-unsaturated/α-hetero) is 1. The molecule has 0 bridgehead atoms. The van der Waals surface area contributed by atoms with E-state index < -0.39 is 17.9 Å². The van der Waals surface area contributed by atoms with Crippen LogP contribution in [0, 0.1) is 0 Å². The van der Waals surface area contributed by atoms with Gasteiger partial charge in [-0.15, -0.1) is 11.3 Å². The van der Waals surface area contributed by atoms with Crippen LogP contribution in [-0.4, -0.2) is 23.0 Å². The first-order chi connectivity index (χ1) is 9.08. The van der Waals surface area contributed by atoms with Crippen LogP contribution in [0.15, 0.2) is 41.8 Å². The minimum atomic E-state index is -1.57. The van der Waals surface area contributed by atoms with Gasteiger partial charge in [-0.2, -0.15) is 0 Å². The number of aliphatic hydroxyl groups excluding tert-OH is 1. The molecule has 0 saturated heterocycles. The average molecular weight is 296 g/mol. The summed E-state index contributed by atoms with van der Waals surface area (Å²) in [5.74, 6) is -1.06. The van der Waals surface area contributed by atoms with Crippen molar-refractivity contribution in [3.63, 3.8) is 0 Å². The van der Waals surface area contributed by atoms with Crippen LogP contribution in [0.3, 0.4) is 0 Å². The van der Waals surface area contributed by atoms with Crippen LogP contribution >= 0.6 is 22.9 Å². The minimum Gasteiger partial charge on any atom is -0.367 e. The molecule has 0 aliphatic heterocycles. The summed E-state index contributed by atoms with van der Waals surface area (Å²) in [6.45, 7) is 0. The minimum absolute atomic E-state index is 0.281. The van der Waals surface area contributed by atoms with E-state index in [1.54, 1.807) is 29.6 Å². The highest BCUT2D eigenvalue weighted by Crippen LogP contribution is 2.12. The highest BCUT2D eigenvalue weighted by Gasteiger charge is 2.20. The predicted molar refractivity (Wildman–Crippen MR) is 73.6 cm³/mol. The maximum Gasteiger partial charge on any atom is 0.263 e. The van der Waals surface area contributed by atoms with Crippen molar-refractivity contribution < 1.29 is 14.7 Å². The first-order valence-electron chi connectivity index (χ1n) is 5.40. The van der Waals surface area contributed by atoms with E-state index in [0.717, 1.165) is 0 Å². The van der Waals surface area contributed by atoms with E-state index in [1.807, 2.05) is 0 Å². The van der Waals surface area contributed by atoms with E-state index in [2.05, 4.69) is 5.32 Å². The number of halogens is 1. The Labute approximate surface area is 118 Å². The molecule has 0 aliphatic rings. The van der Waals surface area contributed by atoms with Gasteiger partial charge < -0.3 is 10.4 Å². The first kappa shape index (κ1) is 13.7. The SMILES string of the molecule is O=C(N[C@@H](O)C(=O)c1ccc(Cl)cc1)c1cccs1. The molecule has 1 aromatic carbocycles. The van der Waals surface area contributed by atoms with Gasteiger partial charge in [-0.1, -0.05) is 17.7 Å². The number of rotatable bonds is 4. The summed E-state index contributed by atoms with van der Waals surface area (Å²) in [4.78, 5) is 24.0. The maximum atomic E-state index is 11.9. The fraction of sp³-hybridized carbons (Fsp3) is 0.0769. The topological polar surface area (TPSA) is 66.4 Å². The molecule has 1 heterocycles. The molecule has 0 unspecified atom stereocenters. The van der Waals surface area contributed by atoms with Crippen molar-refractivity contribution >= 4 is 34.6 Å². The molecule has 1 amide bonds. The zero-order valence-electron chi connectivity index (χ0n) is 9.67. The summed E-state index contributed by atoms with van der Waals surface area (Å²) in [6, 6.07) is 9.40. The number of thiophene rings is 1. The Balaban J connectivity index is 2.03. The van der Waals surface area contributed by atoms with E-state index in [0.29, 0.717) is 9.90 Å². The largest absolute Gasteiger partial charge is 0.367 e. The van der Waals surface area contributed by atoms with E-state index in [-0.39, 0.29) is 5.56 Å². The highest BCUT2D eigenvalue weighted by atomic mass is 35.5. The normalized spacial score (nSPS) is 11.9. The second-order valence-corrected chi connectivity index (χ2v) is 5.11. The Kier molecular flexibility index (Phi) is 4.31. The number of hydrogen-bond acceptors (Lipinski definition) is 4. The Morgan fingerprint density at radius 2 is 1.89 bits per heavy atom. The number of carbonyl (C=O) groups is 2. The van der Waals surface area contributed by atoms with Crippen molar-refractivity contribution in [3.8, 4) is 0 Å².